The second-order valence-electron chi connectivity index (χ2n) is 3.73. The van der Waals surface area contributed by atoms with Crippen molar-refractivity contribution in [1.29, 1.82) is 0 Å². The first-order valence-electron chi connectivity index (χ1n) is 4.61. The maximum Gasteiger partial charge on any atom is 0.217 e. The van der Waals surface area contributed by atoms with Crippen LogP contribution in [-0.4, -0.2) is 20.5 Å². The van der Waals surface area contributed by atoms with Crippen molar-refractivity contribution < 1.29 is 4.79 Å². The highest BCUT2D eigenvalue weighted by molar-refractivity contribution is 5.90. The Morgan fingerprint density at radius 3 is 3.08 bits per heavy atom. The van der Waals surface area contributed by atoms with Crippen molar-refractivity contribution in [3.8, 4) is 0 Å². The van der Waals surface area contributed by atoms with Crippen molar-refractivity contribution in [2.45, 2.75) is 33.2 Å². The fraction of sp³-hybridized carbons (Fsp3) is 0.667. The third kappa shape index (κ3) is 1.48. The van der Waals surface area contributed by atoms with Crippen LogP contribution in [0, 0.1) is 5.92 Å². The van der Waals surface area contributed by atoms with Gasteiger partial charge in [0.2, 0.25) is 5.82 Å². The summed E-state index contributed by atoms with van der Waals surface area (Å²) in [5, 5.41) is 4.14. The molecule has 0 aliphatic carbocycles. The van der Waals surface area contributed by atoms with Crippen molar-refractivity contribution in [3.05, 3.63) is 11.6 Å². The molecule has 1 atom stereocenters. The minimum absolute atomic E-state index is 0.0467. The Hall–Kier alpha value is -1.19. The van der Waals surface area contributed by atoms with E-state index in [1.165, 1.54) is 6.92 Å². The molecule has 1 aliphatic rings. The standard InChI is InChI=1S/C9H13N3O/c1-6-3-4-12-8(5-6)10-9(11-12)7(2)13/h6H,3-5H2,1-2H3. The maximum absolute atomic E-state index is 11.0. The second-order valence-corrected chi connectivity index (χ2v) is 3.73. The van der Waals surface area contributed by atoms with Crippen LogP contribution in [0.1, 0.15) is 36.7 Å². The van der Waals surface area contributed by atoms with Crippen molar-refractivity contribution in [3.63, 3.8) is 0 Å². The van der Waals surface area contributed by atoms with Gasteiger partial charge in [0.15, 0.2) is 5.78 Å². The number of ketones is 1. The molecule has 1 unspecified atom stereocenters. The van der Waals surface area contributed by atoms with E-state index in [1.807, 2.05) is 4.68 Å². The molecular weight excluding hydrogens is 166 g/mol. The van der Waals surface area contributed by atoms with Gasteiger partial charge in [0, 0.05) is 19.9 Å². The number of nitrogens with zero attached hydrogens (tertiary/aromatic N) is 3. The SMILES string of the molecule is CC(=O)c1nc2n(n1)CCC(C)C2. The van der Waals surface area contributed by atoms with E-state index in [4.69, 9.17) is 0 Å². The van der Waals surface area contributed by atoms with E-state index in [1.54, 1.807) is 0 Å². The molecule has 0 spiro atoms. The predicted molar refractivity (Wildman–Crippen MR) is 47.5 cm³/mol. The second kappa shape index (κ2) is 2.94. The van der Waals surface area contributed by atoms with Gasteiger partial charge >= 0.3 is 0 Å². The van der Waals surface area contributed by atoms with Gasteiger partial charge in [0.1, 0.15) is 5.82 Å². The summed E-state index contributed by atoms with van der Waals surface area (Å²) in [6, 6.07) is 0. The number of fused-ring (bicyclic) bond motifs is 1. The van der Waals surface area contributed by atoms with Gasteiger partial charge in [-0.2, -0.15) is 0 Å². The van der Waals surface area contributed by atoms with Crippen molar-refractivity contribution in [2.75, 3.05) is 0 Å². The monoisotopic (exact) mass is 179 g/mol. The van der Waals surface area contributed by atoms with Gasteiger partial charge in [-0.25, -0.2) is 9.67 Å². The first kappa shape index (κ1) is 8.41. The molecule has 13 heavy (non-hydrogen) atoms. The largest absolute Gasteiger partial charge is 0.291 e. The lowest BCUT2D eigenvalue weighted by Crippen LogP contribution is -2.18. The molecule has 0 radical (unpaired) electrons. The fourth-order valence-electron chi connectivity index (χ4n) is 1.61. The Balaban J connectivity index is 2.33. The molecule has 0 N–H and O–H groups in total. The number of carbonyl (C=O) groups is 1. The lowest BCUT2D eigenvalue weighted by molar-refractivity contribution is 0.100. The Kier molecular flexibility index (Phi) is 1.90. The molecule has 70 valence electrons. The normalized spacial score (nSPS) is 21.2. The van der Waals surface area contributed by atoms with Gasteiger partial charge in [0.25, 0.3) is 0 Å². The molecule has 4 heteroatoms. The Morgan fingerprint density at radius 2 is 2.38 bits per heavy atom. The molecule has 0 saturated heterocycles. The topological polar surface area (TPSA) is 47.8 Å². The summed E-state index contributed by atoms with van der Waals surface area (Å²) in [4.78, 5) is 15.2. The van der Waals surface area contributed by atoms with Crippen LogP contribution in [0.15, 0.2) is 0 Å². The van der Waals surface area contributed by atoms with Crippen LogP contribution in [0.3, 0.4) is 0 Å². The number of carbonyl (C=O) groups excluding carboxylic acids is 1. The van der Waals surface area contributed by atoms with Crippen LogP contribution in [0.2, 0.25) is 0 Å². The number of hydrogen-bond acceptors (Lipinski definition) is 3. The van der Waals surface area contributed by atoms with Crippen LogP contribution in [-0.2, 0) is 13.0 Å². The van der Waals surface area contributed by atoms with Crippen LogP contribution < -0.4 is 0 Å². The maximum atomic E-state index is 11.0. The van der Waals surface area contributed by atoms with Gasteiger partial charge in [-0.05, 0) is 12.3 Å². The van der Waals surface area contributed by atoms with E-state index in [9.17, 15) is 4.79 Å². The minimum atomic E-state index is -0.0467. The van der Waals surface area contributed by atoms with Crippen molar-refractivity contribution >= 4 is 5.78 Å². The summed E-state index contributed by atoms with van der Waals surface area (Å²) in [6.07, 6.45) is 2.08. The third-order valence-electron chi connectivity index (χ3n) is 2.43. The summed E-state index contributed by atoms with van der Waals surface area (Å²) in [6.45, 7) is 4.60. The van der Waals surface area contributed by atoms with Gasteiger partial charge in [0.05, 0.1) is 0 Å². The average Bonchev–Trinajstić information content (AvgIpc) is 2.46. The third-order valence-corrected chi connectivity index (χ3v) is 2.43. The summed E-state index contributed by atoms with van der Waals surface area (Å²) in [5.41, 5.74) is 0. The molecule has 0 bridgehead atoms. The van der Waals surface area contributed by atoms with E-state index in [0.29, 0.717) is 11.7 Å². The predicted octanol–water partition coefficient (Wildman–Crippen LogP) is 1.06. The van der Waals surface area contributed by atoms with Crippen LogP contribution in [0.25, 0.3) is 0 Å². The first-order chi connectivity index (χ1) is 6.16. The molecular formula is C9H13N3O. The molecule has 2 rings (SSSR count). The average molecular weight is 179 g/mol. The zero-order chi connectivity index (χ0) is 9.42. The smallest absolute Gasteiger partial charge is 0.217 e. The molecule has 0 fully saturated rings. The Bertz CT molecular complexity index is 343. The van der Waals surface area contributed by atoms with Crippen LogP contribution in [0.4, 0.5) is 0 Å². The van der Waals surface area contributed by atoms with E-state index in [-0.39, 0.29) is 5.78 Å². The molecule has 0 aromatic carbocycles. The van der Waals surface area contributed by atoms with Gasteiger partial charge in [-0.15, -0.1) is 5.10 Å². The number of hydrogen-bond donors (Lipinski definition) is 0. The van der Waals surface area contributed by atoms with E-state index in [2.05, 4.69) is 17.0 Å². The van der Waals surface area contributed by atoms with Gasteiger partial charge in [-0.3, -0.25) is 4.79 Å². The van der Waals surface area contributed by atoms with E-state index >= 15 is 0 Å². The fourth-order valence-corrected chi connectivity index (χ4v) is 1.61. The summed E-state index contributed by atoms with van der Waals surface area (Å²) in [7, 11) is 0. The Morgan fingerprint density at radius 1 is 1.62 bits per heavy atom. The molecule has 0 saturated carbocycles. The number of aryl methyl sites for hydroxylation is 1. The highest BCUT2D eigenvalue weighted by atomic mass is 16.1. The van der Waals surface area contributed by atoms with Gasteiger partial charge in [-0.1, -0.05) is 6.92 Å². The summed E-state index contributed by atoms with van der Waals surface area (Å²) < 4.78 is 1.86. The highest BCUT2D eigenvalue weighted by Gasteiger charge is 2.19. The van der Waals surface area contributed by atoms with E-state index < -0.39 is 0 Å². The van der Waals surface area contributed by atoms with Crippen LogP contribution in [0.5, 0.6) is 0 Å². The summed E-state index contributed by atoms with van der Waals surface area (Å²) in [5.74, 6) is 1.94. The van der Waals surface area contributed by atoms with Crippen molar-refractivity contribution in [2.24, 2.45) is 5.92 Å². The van der Waals surface area contributed by atoms with E-state index in [0.717, 1.165) is 25.2 Å². The zero-order valence-electron chi connectivity index (χ0n) is 7.95. The summed E-state index contributed by atoms with van der Waals surface area (Å²) >= 11 is 0. The molecule has 2 heterocycles. The lowest BCUT2D eigenvalue weighted by Gasteiger charge is -2.17. The first-order valence-corrected chi connectivity index (χ1v) is 4.61. The zero-order valence-corrected chi connectivity index (χ0v) is 7.95. The molecule has 1 aliphatic heterocycles. The molecule has 1 aromatic heterocycles. The minimum Gasteiger partial charge on any atom is -0.291 e. The lowest BCUT2D eigenvalue weighted by atomic mass is 10.0. The highest BCUT2D eigenvalue weighted by Crippen LogP contribution is 2.17. The molecule has 4 nitrogen and oxygen atoms in total. The van der Waals surface area contributed by atoms with Gasteiger partial charge < -0.3 is 0 Å². The quantitative estimate of drug-likeness (QED) is 0.606. The number of rotatable bonds is 1. The number of Topliss-reactive ketones (excluding diaryl/α,β-unsaturated/α-hetero) is 1. The Labute approximate surface area is 77.0 Å². The van der Waals surface area contributed by atoms with Crippen molar-refractivity contribution in [1.82, 2.24) is 14.8 Å². The molecule has 0 amide bonds. The molecule has 1 aromatic rings. The van der Waals surface area contributed by atoms with Crippen LogP contribution >= 0.6 is 0 Å². The number of aromatic nitrogens is 3.